The quantitative estimate of drug-likeness (QED) is 0.654. The van der Waals surface area contributed by atoms with Crippen molar-refractivity contribution in [1.29, 1.82) is 0 Å². The maximum absolute atomic E-state index is 12.3. The first-order chi connectivity index (χ1) is 9.46. The number of esters is 2. The van der Waals surface area contributed by atoms with Crippen molar-refractivity contribution >= 4 is 23.5 Å². The molecule has 0 saturated heterocycles. The first-order valence-corrected chi connectivity index (χ1v) is 6.03. The molecule has 20 heavy (non-hydrogen) atoms. The van der Waals surface area contributed by atoms with Crippen molar-refractivity contribution in [2.45, 2.75) is 12.3 Å². The molecule has 2 rings (SSSR count). The number of amides is 1. The number of nitrogens with one attached hydrogen (secondary N) is 1. The van der Waals surface area contributed by atoms with Crippen molar-refractivity contribution in [2.24, 2.45) is 5.92 Å². The van der Waals surface area contributed by atoms with Crippen LogP contribution in [0.25, 0.3) is 0 Å². The number of fused-ring (bicyclic) bond motifs is 1. The van der Waals surface area contributed by atoms with Gasteiger partial charge in [0.1, 0.15) is 0 Å². The summed E-state index contributed by atoms with van der Waals surface area (Å²) in [6.45, 7) is 1.53. The van der Waals surface area contributed by atoms with E-state index >= 15 is 0 Å². The van der Waals surface area contributed by atoms with Gasteiger partial charge >= 0.3 is 11.9 Å². The predicted molar refractivity (Wildman–Crippen MR) is 69.9 cm³/mol. The van der Waals surface area contributed by atoms with Gasteiger partial charge in [0.05, 0.1) is 19.6 Å². The maximum Gasteiger partial charge on any atom is 0.321 e. The van der Waals surface area contributed by atoms with Crippen LogP contribution < -0.4 is 5.32 Å². The summed E-state index contributed by atoms with van der Waals surface area (Å²) in [4.78, 5) is 36.2. The first-order valence-electron chi connectivity index (χ1n) is 6.03. The van der Waals surface area contributed by atoms with E-state index < -0.39 is 29.2 Å². The lowest BCUT2D eigenvalue weighted by Gasteiger charge is -2.28. The van der Waals surface area contributed by atoms with Crippen molar-refractivity contribution in [1.82, 2.24) is 0 Å². The lowest BCUT2D eigenvalue weighted by molar-refractivity contribution is -0.164. The van der Waals surface area contributed by atoms with Gasteiger partial charge < -0.3 is 14.8 Å². The lowest BCUT2D eigenvalue weighted by atomic mass is 9.72. The van der Waals surface area contributed by atoms with E-state index in [2.05, 4.69) is 14.8 Å². The molecule has 1 aromatic rings. The fourth-order valence-electron chi connectivity index (χ4n) is 2.51. The Labute approximate surface area is 116 Å². The van der Waals surface area contributed by atoms with Crippen LogP contribution in [0.1, 0.15) is 12.5 Å². The number of carbonyl (C=O) groups is 3. The molecular weight excluding hydrogens is 262 g/mol. The molecule has 1 atom stereocenters. The molecule has 0 spiro atoms. The van der Waals surface area contributed by atoms with E-state index in [1.54, 1.807) is 24.3 Å². The molecule has 0 aromatic heterocycles. The Morgan fingerprint density at radius 3 is 2.25 bits per heavy atom. The highest BCUT2D eigenvalue weighted by Gasteiger charge is 2.56. The minimum Gasteiger partial charge on any atom is -0.468 e. The van der Waals surface area contributed by atoms with Gasteiger partial charge in [-0.2, -0.15) is 0 Å². The van der Waals surface area contributed by atoms with Crippen molar-refractivity contribution in [3.05, 3.63) is 29.8 Å². The van der Waals surface area contributed by atoms with Gasteiger partial charge in [0, 0.05) is 5.69 Å². The average molecular weight is 277 g/mol. The van der Waals surface area contributed by atoms with Crippen molar-refractivity contribution in [3.63, 3.8) is 0 Å². The summed E-state index contributed by atoms with van der Waals surface area (Å²) in [6.07, 6.45) is 0. The second-order valence-corrected chi connectivity index (χ2v) is 4.68. The second kappa shape index (κ2) is 4.96. The molecule has 1 N–H and O–H groups in total. The number of anilines is 1. The van der Waals surface area contributed by atoms with Gasteiger partial charge in [0.15, 0.2) is 5.92 Å². The molecule has 0 radical (unpaired) electrons. The van der Waals surface area contributed by atoms with Crippen LogP contribution in [0.5, 0.6) is 0 Å². The number of rotatable bonds is 3. The molecular formula is C14H15NO5. The highest BCUT2D eigenvalue weighted by atomic mass is 16.5. The SMILES string of the molecule is COC(=O)C(C(=O)OC)C1(C)C(=O)Nc2ccccc21. The molecule has 1 aromatic carbocycles. The van der Waals surface area contributed by atoms with E-state index in [0.717, 1.165) is 0 Å². The summed E-state index contributed by atoms with van der Waals surface area (Å²) >= 11 is 0. The first kappa shape index (κ1) is 14.0. The van der Waals surface area contributed by atoms with Crippen LogP contribution >= 0.6 is 0 Å². The van der Waals surface area contributed by atoms with Crippen LogP contribution in [-0.4, -0.2) is 32.1 Å². The molecule has 1 unspecified atom stereocenters. The van der Waals surface area contributed by atoms with E-state index in [9.17, 15) is 14.4 Å². The fourth-order valence-corrected chi connectivity index (χ4v) is 2.51. The van der Waals surface area contributed by atoms with Gasteiger partial charge in [-0.05, 0) is 18.6 Å². The third kappa shape index (κ3) is 1.84. The van der Waals surface area contributed by atoms with Crippen LogP contribution in [0.4, 0.5) is 5.69 Å². The van der Waals surface area contributed by atoms with Gasteiger partial charge in [-0.15, -0.1) is 0 Å². The standard InChI is InChI=1S/C14H15NO5/c1-14(10(11(16)19-2)12(17)20-3)8-6-4-5-7-9(8)15-13(14)18/h4-7,10H,1-3H3,(H,15,18). The van der Waals surface area contributed by atoms with Gasteiger partial charge in [-0.1, -0.05) is 18.2 Å². The molecule has 6 nitrogen and oxygen atoms in total. The molecule has 1 heterocycles. The zero-order valence-corrected chi connectivity index (χ0v) is 11.4. The van der Waals surface area contributed by atoms with Crippen molar-refractivity contribution < 1.29 is 23.9 Å². The van der Waals surface area contributed by atoms with E-state index in [-0.39, 0.29) is 0 Å². The summed E-state index contributed by atoms with van der Waals surface area (Å²) < 4.78 is 9.31. The second-order valence-electron chi connectivity index (χ2n) is 4.68. The summed E-state index contributed by atoms with van der Waals surface area (Å²) in [5.41, 5.74) is -0.194. The van der Waals surface area contributed by atoms with Crippen molar-refractivity contribution in [2.75, 3.05) is 19.5 Å². The molecule has 1 aliphatic heterocycles. The third-order valence-electron chi connectivity index (χ3n) is 3.66. The molecule has 0 fully saturated rings. The van der Waals surface area contributed by atoms with Gasteiger partial charge in [-0.25, -0.2) is 0 Å². The molecule has 0 bridgehead atoms. The Hall–Kier alpha value is -2.37. The number of hydrogen-bond donors (Lipinski definition) is 1. The monoisotopic (exact) mass is 277 g/mol. The number of carbonyl (C=O) groups excluding carboxylic acids is 3. The third-order valence-corrected chi connectivity index (χ3v) is 3.66. The number of benzene rings is 1. The Balaban J connectivity index is 2.59. The van der Waals surface area contributed by atoms with E-state index in [4.69, 9.17) is 0 Å². The Morgan fingerprint density at radius 1 is 1.15 bits per heavy atom. The summed E-state index contributed by atoms with van der Waals surface area (Å²) in [6, 6.07) is 6.91. The minimum atomic E-state index is -1.35. The molecule has 6 heteroatoms. The maximum atomic E-state index is 12.3. The number of ether oxygens (including phenoxy) is 2. The average Bonchev–Trinajstić information content (AvgIpc) is 2.71. The Bertz CT molecular complexity index is 567. The number of para-hydroxylation sites is 1. The molecule has 1 amide bonds. The lowest BCUT2D eigenvalue weighted by Crippen LogP contribution is -2.48. The fraction of sp³-hybridized carbons (Fsp3) is 0.357. The van der Waals surface area contributed by atoms with E-state index in [1.165, 1.54) is 21.1 Å². The van der Waals surface area contributed by atoms with Gasteiger partial charge in [0.2, 0.25) is 5.91 Å². The molecule has 106 valence electrons. The summed E-state index contributed by atoms with van der Waals surface area (Å²) in [5.74, 6) is -3.38. The van der Waals surface area contributed by atoms with E-state index in [0.29, 0.717) is 11.3 Å². The molecule has 1 aliphatic rings. The smallest absolute Gasteiger partial charge is 0.321 e. The van der Waals surface area contributed by atoms with Crippen LogP contribution in [-0.2, 0) is 29.3 Å². The van der Waals surface area contributed by atoms with Crippen LogP contribution in [0.2, 0.25) is 0 Å². The predicted octanol–water partition coefficient (Wildman–Crippen LogP) is 0.859. The van der Waals surface area contributed by atoms with E-state index in [1.807, 2.05) is 0 Å². The molecule has 0 aliphatic carbocycles. The zero-order valence-electron chi connectivity index (χ0n) is 11.4. The normalized spacial score (nSPS) is 20.3. The number of hydrogen-bond acceptors (Lipinski definition) is 5. The highest BCUT2D eigenvalue weighted by molar-refractivity contribution is 6.13. The highest BCUT2D eigenvalue weighted by Crippen LogP contribution is 2.43. The number of methoxy groups -OCH3 is 2. The topological polar surface area (TPSA) is 81.7 Å². The van der Waals surface area contributed by atoms with Crippen molar-refractivity contribution in [3.8, 4) is 0 Å². The largest absolute Gasteiger partial charge is 0.468 e. The minimum absolute atomic E-state index is 0.431. The summed E-state index contributed by atoms with van der Waals surface area (Å²) in [5, 5.41) is 2.67. The van der Waals surface area contributed by atoms with Gasteiger partial charge in [-0.3, -0.25) is 14.4 Å². The Kier molecular flexibility index (Phi) is 3.48. The van der Waals surface area contributed by atoms with Crippen LogP contribution in [0, 0.1) is 5.92 Å². The van der Waals surface area contributed by atoms with Crippen LogP contribution in [0.3, 0.4) is 0 Å². The van der Waals surface area contributed by atoms with Crippen LogP contribution in [0.15, 0.2) is 24.3 Å². The Morgan fingerprint density at radius 2 is 1.70 bits per heavy atom. The zero-order chi connectivity index (χ0) is 14.9. The summed E-state index contributed by atoms with van der Waals surface area (Å²) in [7, 11) is 2.33. The van der Waals surface area contributed by atoms with Gasteiger partial charge in [0.25, 0.3) is 0 Å². The molecule has 0 saturated carbocycles.